The fourth-order valence-corrected chi connectivity index (χ4v) is 2.28. The zero-order valence-electron chi connectivity index (χ0n) is 9.73. The predicted octanol–water partition coefficient (Wildman–Crippen LogP) is 2.98. The van der Waals surface area contributed by atoms with E-state index in [0.717, 1.165) is 24.4 Å². The second-order valence-electron chi connectivity index (χ2n) is 4.57. The molecular formula is C13H14FN3. The average molecular weight is 231 g/mol. The zero-order valence-corrected chi connectivity index (χ0v) is 9.73. The molecule has 0 N–H and O–H groups in total. The summed E-state index contributed by atoms with van der Waals surface area (Å²) in [6.07, 6.45) is 2.32. The van der Waals surface area contributed by atoms with Crippen LogP contribution in [0.1, 0.15) is 31.5 Å². The molecule has 0 saturated carbocycles. The number of benzene rings is 1. The second kappa shape index (κ2) is 3.95. The quantitative estimate of drug-likeness (QED) is 0.755. The highest BCUT2D eigenvalue weighted by Crippen LogP contribution is 2.27. The number of nitrogens with zero attached hydrogens (tertiary/aromatic N) is 3. The van der Waals surface area contributed by atoms with Crippen LogP contribution in [0.4, 0.5) is 4.39 Å². The van der Waals surface area contributed by atoms with Crippen molar-refractivity contribution >= 4 is 0 Å². The molecule has 0 amide bonds. The van der Waals surface area contributed by atoms with Crippen molar-refractivity contribution in [2.45, 2.75) is 32.2 Å². The number of rotatable bonds is 1. The standard InChI is InChI=1S/C13H14FN3/c1-9-3-2-8-17-13(9)15-12(16-17)10-4-6-11(14)7-5-10/h4-7,9H,2-3,8H2,1H3. The van der Waals surface area contributed by atoms with Crippen LogP contribution in [0.5, 0.6) is 0 Å². The topological polar surface area (TPSA) is 30.7 Å². The van der Waals surface area contributed by atoms with Gasteiger partial charge in [0.15, 0.2) is 5.82 Å². The summed E-state index contributed by atoms with van der Waals surface area (Å²) in [5.41, 5.74) is 0.875. The van der Waals surface area contributed by atoms with Gasteiger partial charge in [-0.05, 0) is 37.1 Å². The molecule has 1 aliphatic rings. The van der Waals surface area contributed by atoms with E-state index in [1.54, 1.807) is 12.1 Å². The molecule has 0 bridgehead atoms. The summed E-state index contributed by atoms with van der Waals surface area (Å²) in [6.45, 7) is 3.11. The van der Waals surface area contributed by atoms with Gasteiger partial charge in [-0.2, -0.15) is 5.10 Å². The molecular weight excluding hydrogens is 217 g/mol. The fourth-order valence-electron chi connectivity index (χ4n) is 2.28. The minimum atomic E-state index is -0.230. The Balaban J connectivity index is 2.02. The molecule has 88 valence electrons. The normalized spacial score (nSPS) is 19.1. The maximum atomic E-state index is 12.8. The molecule has 17 heavy (non-hydrogen) atoms. The molecule has 2 heterocycles. The van der Waals surface area contributed by atoms with Crippen molar-refractivity contribution in [1.29, 1.82) is 0 Å². The smallest absolute Gasteiger partial charge is 0.181 e. The van der Waals surface area contributed by atoms with Crippen LogP contribution < -0.4 is 0 Å². The SMILES string of the molecule is CC1CCCn2nc(-c3ccc(F)cc3)nc21. The monoisotopic (exact) mass is 231 g/mol. The maximum Gasteiger partial charge on any atom is 0.181 e. The molecule has 1 aliphatic heterocycles. The molecule has 0 fully saturated rings. The molecule has 0 radical (unpaired) electrons. The Labute approximate surface area is 99.3 Å². The highest BCUT2D eigenvalue weighted by molar-refractivity contribution is 5.54. The highest BCUT2D eigenvalue weighted by Gasteiger charge is 2.20. The lowest BCUT2D eigenvalue weighted by molar-refractivity contribution is 0.432. The molecule has 0 saturated heterocycles. The van der Waals surface area contributed by atoms with Crippen molar-refractivity contribution in [2.75, 3.05) is 0 Å². The van der Waals surface area contributed by atoms with Crippen LogP contribution in [0.15, 0.2) is 24.3 Å². The average Bonchev–Trinajstić information content (AvgIpc) is 2.75. The van der Waals surface area contributed by atoms with Gasteiger partial charge in [0.2, 0.25) is 0 Å². The maximum absolute atomic E-state index is 12.8. The predicted molar refractivity (Wildman–Crippen MR) is 63.1 cm³/mol. The molecule has 1 unspecified atom stereocenters. The molecule has 0 aliphatic carbocycles. The largest absolute Gasteiger partial charge is 0.249 e. The van der Waals surface area contributed by atoms with Crippen LogP contribution >= 0.6 is 0 Å². The van der Waals surface area contributed by atoms with Crippen LogP contribution in [0.2, 0.25) is 0 Å². The van der Waals surface area contributed by atoms with E-state index < -0.39 is 0 Å². The first-order valence-corrected chi connectivity index (χ1v) is 5.95. The first-order chi connectivity index (χ1) is 8.24. The third-order valence-electron chi connectivity index (χ3n) is 3.25. The Morgan fingerprint density at radius 1 is 1.29 bits per heavy atom. The van der Waals surface area contributed by atoms with Gasteiger partial charge in [-0.1, -0.05) is 6.92 Å². The van der Waals surface area contributed by atoms with Gasteiger partial charge in [0, 0.05) is 18.0 Å². The Kier molecular flexibility index (Phi) is 2.42. The van der Waals surface area contributed by atoms with E-state index in [-0.39, 0.29) is 5.82 Å². The third-order valence-corrected chi connectivity index (χ3v) is 3.25. The number of hydrogen-bond donors (Lipinski definition) is 0. The van der Waals surface area contributed by atoms with Crippen molar-refractivity contribution in [3.63, 3.8) is 0 Å². The Morgan fingerprint density at radius 3 is 2.76 bits per heavy atom. The van der Waals surface area contributed by atoms with E-state index in [4.69, 9.17) is 0 Å². The minimum Gasteiger partial charge on any atom is -0.249 e. The van der Waals surface area contributed by atoms with Crippen LogP contribution in [0.3, 0.4) is 0 Å². The first-order valence-electron chi connectivity index (χ1n) is 5.95. The molecule has 4 heteroatoms. The van der Waals surface area contributed by atoms with E-state index >= 15 is 0 Å². The van der Waals surface area contributed by atoms with Gasteiger partial charge in [-0.15, -0.1) is 0 Å². The lowest BCUT2D eigenvalue weighted by Gasteiger charge is -2.17. The number of halogens is 1. The Morgan fingerprint density at radius 2 is 2.06 bits per heavy atom. The van der Waals surface area contributed by atoms with Gasteiger partial charge in [-0.3, -0.25) is 0 Å². The molecule has 3 rings (SSSR count). The summed E-state index contributed by atoms with van der Waals surface area (Å²) in [7, 11) is 0. The number of aryl methyl sites for hydroxylation is 1. The van der Waals surface area contributed by atoms with Gasteiger partial charge in [0.25, 0.3) is 0 Å². The van der Waals surface area contributed by atoms with Crippen LogP contribution in [-0.4, -0.2) is 14.8 Å². The number of fused-ring (bicyclic) bond motifs is 1. The Hall–Kier alpha value is -1.71. The van der Waals surface area contributed by atoms with Crippen molar-refractivity contribution in [3.8, 4) is 11.4 Å². The van der Waals surface area contributed by atoms with Crippen LogP contribution in [-0.2, 0) is 6.54 Å². The molecule has 1 atom stereocenters. The molecule has 0 spiro atoms. The van der Waals surface area contributed by atoms with Gasteiger partial charge >= 0.3 is 0 Å². The van der Waals surface area contributed by atoms with Gasteiger partial charge in [0.05, 0.1) is 0 Å². The van der Waals surface area contributed by atoms with Crippen molar-refractivity contribution < 1.29 is 4.39 Å². The molecule has 1 aromatic carbocycles. The van der Waals surface area contributed by atoms with Gasteiger partial charge in [0.1, 0.15) is 11.6 Å². The fraction of sp³-hybridized carbons (Fsp3) is 0.385. The second-order valence-corrected chi connectivity index (χ2v) is 4.57. The van der Waals surface area contributed by atoms with Crippen LogP contribution in [0.25, 0.3) is 11.4 Å². The van der Waals surface area contributed by atoms with Gasteiger partial charge < -0.3 is 0 Å². The summed E-state index contributed by atoms with van der Waals surface area (Å²) < 4.78 is 14.8. The summed E-state index contributed by atoms with van der Waals surface area (Å²) in [5, 5.41) is 4.48. The zero-order chi connectivity index (χ0) is 11.8. The van der Waals surface area contributed by atoms with Gasteiger partial charge in [-0.25, -0.2) is 14.1 Å². The number of aromatic nitrogens is 3. The third kappa shape index (κ3) is 1.84. The first kappa shape index (κ1) is 10.4. The summed E-state index contributed by atoms with van der Waals surface area (Å²) in [4.78, 5) is 4.56. The molecule has 3 nitrogen and oxygen atoms in total. The minimum absolute atomic E-state index is 0.230. The van der Waals surface area contributed by atoms with E-state index in [0.29, 0.717) is 11.7 Å². The summed E-state index contributed by atoms with van der Waals surface area (Å²) in [6, 6.07) is 6.33. The van der Waals surface area contributed by atoms with Crippen molar-refractivity contribution in [3.05, 3.63) is 35.9 Å². The van der Waals surface area contributed by atoms with Crippen LogP contribution in [0, 0.1) is 5.82 Å². The van der Waals surface area contributed by atoms with E-state index in [9.17, 15) is 4.39 Å². The highest BCUT2D eigenvalue weighted by atomic mass is 19.1. The van der Waals surface area contributed by atoms with E-state index in [1.165, 1.54) is 18.6 Å². The molecule has 1 aromatic heterocycles. The molecule has 2 aromatic rings. The number of hydrogen-bond acceptors (Lipinski definition) is 2. The van der Waals surface area contributed by atoms with Crippen molar-refractivity contribution in [2.24, 2.45) is 0 Å². The van der Waals surface area contributed by atoms with E-state index in [1.807, 2.05) is 4.68 Å². The summed E-state index contributed by atoms with van der Waals surface area (Å²) in [5.74, 6) is 1.99. The van der Waals surface area contributed by atoms with E-state index in [2.05, 4.69) is 17.0 Å². The lowest BCUT2D eigenvalue weighted by Crippen LogP contribution is -2.14. The Bertz CT molecular complexity index is 530. The summed E-state index contributed by atoms with van der Waals surface area (Å²) >= 11 is 0. The van der Waals surface area contributed by atoms with Crippen molar-refractivity contribution in [1.82, 2.24) is 14.8 Å². The lowest BCUT2D eigenvalue weighted by atomic mass is 10.0.